The molecule has 0 saturated carbocycles. The summed E-state index contributed by atoms with van der Waals surface area (Å²) in [5, 5.41) is 4.61. The number of nitrogens with zero attached hydrogens (tertiary/aromatic N) is 1. The number of rotatable bonds is 4. The Hall–Kier alpha value is -3.41. The second-order valence-corrected chi connectivity index (χ2v) is 8.98. The van der Waals surface area contributed by atoms with Crippen LogP contribution in [-0.2, 0) is 23.2 Å². The lowest BCUT2D eigenvalue weighted by atomic mass is 9.85. The summed E-state index contributed by atoms with van der Waals surface area (Å²) in [4.78, 5) is 29.3. The van der Waals surface area contributed by atoms with E-state index < -0.39 is 5.63 Å². The molecule has 3 heterocycles. The molecule has 0 radical (unpaired) electrons. The maximum Gasteiger partial charge on any atom is 0.340 e. The second kappa shape index (κ2) is 7.69. The van der Waals surface area contributed by atoms with Gasteiger partial charge in [-0.1, -0.05) is 26.8 Å². The van der Waals surface area contributed by atoms with Gasteiger partial charge in [-0.25, -0.2) is 4.79 Å². The SMILES string of the molecule is Cc1cc2oc(=O)c(CC(=O)NCc3cccnc3)c(C)c2c2occ(C(C)(C)C)c12. The molecule has 0 saturated heterocycles. The molecule has 0 aliphatic rings. The Balaban J connectivity index is 1.75. The largest absolute Gasteiger partial charge is 0.463 e. The van der Waals surface area contributed by atoms with Gasteiger partial charge in [0.2, 0.25) is 5.91 Å². The normalized spacial score (nSPS) is 11.9. The van der Waals surface area contributed by atoms with E-state index in [1.165, 1.54) is 0 Å². The first-order chi connectivity index (χ1) is 14.7. The minimum atomic E-state index is -0.497. The van der Waals surface area contributed by atoms with Crippen molar-refractivity contribution >= 4 is 27.8 Å². The van der Waals surface area contributed by atoms with Crippen LogP contribution in [0.25, 0.3) is 21.9 Å². The molecular weight excluding hydrogens is 392 g/mol. The molecule has 4 aromatic rings. The molecular formula is C25H26N2O4. The third kappa shape index (κ3) is 3.85. The fourth-order valence-corrected chi connectivity index (χ4v) is 3.97. The standard InChI is InChI=1S/C25H26N2O4/c1-14-9-19-22(23-21(14)18(13-30-23)25(3,4)5)15(2)17(24(29)31-19)10-20(28)27-12-16-7-6-8-26-11-16/h6-9,11,13H,10,12H2,1-5H3,(H,27,28). The lowest BCUT2D eigenvalue weighted by Gasteiger charge is -2.17. The Labute approximate surface area is 180 Å². The number of carbonyl (C=O) groups excluding carboxylic acids is 1. The van der Waals surface area contributed by atoms with E-state index in [0.717, 1.165) is 27.5 Å². The minimum Gasteiger partial charge on any atom is -0.463 e. The van der Waals surface area contributed by atoms with Crippen molar-refractivity contribution in [1.29, 1.82) is 0 Å². The number of hydrogen-bond donors (Lipinski definition) is 1. The van der Waals surface area contributed by atoms with Crippen LogP contribution in [0.1, 0.15) is 48.6 Å². The van der Waals surface area contributed by atoms with E-state index in [2.05, 4.69) is 31.1 Å². The zero-order valence-corrected chi connectivity index (χ0v) is 18.5. The predicted molar refractivity (Wildman–Crippen MR) is 120 cm³/mol. The van der Waals surface area contributed by atoms with Crippen molar-refractivity contribution in [2.24, 2.45) is 0 Å². The summed E-state index contributed by atoms with van der Waals surface area (Å²) in [7, 11) is 0. The molecule has 6 nitrogen and oxygen atoms in total. The van der Waals surface area contributed by atoms with Crippen molar-refractivity contribution in [3.63, 3.8) is 0 Å². The maximum atomic E-state index is 12.7. The van der Waals surface area contributed by atoms with Crippen LogP contribution in [-0.4, -0.2) is 10.9 Å². The van der Waals surface area contributed by atoms with Crippen LogP contribution in [0.15, 0.2) is 50.5 Å². The zero-order valence-electron chi connectivity index (χ0n) is 18.5. The average Bonchev–Trinajstić information content (AvgIpc) is 3.16. The summed E-state index contributed by atoms with van der Waals surface area (Å²) in [6, 6.07) is 5.57. The van der Waals surface area contributed by atoms with E-state index in [9.17, 15) is 9.59 Å². The predicted octanol–water partition coefficient (Wildman–Crippen LogP) is 4.71. The number of hydrogen-bond acceptors (Lipinski definition) is 5. The number of benzene rings is 1. The summed E-state index contributed by atoms with van der Waals surface area (Å²) >= 11 is 0. The van der Waals surface area contributed by atoms with Crippen molar-refractivity contribution in [2.75, 3.05) is 0 Å². The molecule has 31 heavy (non-hydrogen) atoms. The van der Waals surface area contributed by atoms with Crippen LogP contribution in [0.5, 0.6) is 0 Å². The molecule has 160 valence electrons. The molecule has 0 atom stereocenters. The van der Waals surface area contributed by atoms with Crippen molar-refractivity contribution in [1.82, 2.24) is 10.3 Å². The first-order valence-corrected chi connectivity index (χ1v) is 10.3. The Morgan fingerprint density at radius 3 is 2.65 bits per heavy atom. The lowest BCUT2D eigenvalue weighted by Crippen LogP contribution is -2.27. The van der Waals surface area contributed by atoms with E-state index in [1.54, 1.807) is 18.7 Å². The third-order valence-electron chi connectivity index (χ3n) is 5.64. The summed E-state index contributed by atoms with van der Waals surface area (Å²) in [5.41, 5.74) is 4.61. The van der Waals surface area contributed by atoms with E-state index in [1.807, 2.05) is 32.0 Å². The first-order valence-electron chi connectivity index (χ1n) is 10.3. The molecule has 1 N–H and O–H groups in total. The number of fused-ring (bicyclic) bond motifs is 3. The van der Waals surface area contributed by atoms with Gasteiger partial charge < -0.3 is 14.2 Å². The Morgan fingerprint density at radius 2 is 1.97 bits per heavy atom. The van der Waals surface area contributed by atoms with Gasteiger partial charge in [0.05, 0.1) is 23.6 Å². The summed E-state index contributed by atoms with van der Waals surface area (Å²) < 4.78 is 11.6. The molecule has 4 rings (SSSR count). The number of amides is 1. The quantitative estimate of drug-likeness (QED) is 0.485. The third-order valence-corrected chi connectivity index (χ3v) is 5.64. The molecule has 1 aromatic carbocycles. The van der Waals surface area contributed by atoms with E-state index >= 15 is 0 Å². The molecule has 0 aliphatic heterocycles. The van der Waals surface area contributed by atoms with Crippen molar-refractivity contribution in [2.45, 2.75) is 53.0 Å². The summed E-state index contributed by atoms with van der Waals surface area (Å²) in [6.45, 7) is 10.6. The molecule has 0 fully saturated rings. The number of pyridine rings is 1. The molecule has 3 aromatic heterocycles. The van der Waals surface area contributed by atoms with Crippen LogP contribution in [0, 0.1) is 13.8 Å². The Kier molecular flexibility index (Phi) is 5.17. The summed E-state index contributed by atoms with van der Waals surface area (Å²) in [6.07, 6.45) is 5.09. The highest BCUT2D eigenvalue weighted by Gasteiger charge is 2.25. The highest BCUT2D eigenvalue weighted by atomic mass is 16.4. The second-order valence-electron chi connectivity index (χ2n) is 8.98. The fraction of sp³-hybridized carbons (Fsp3) is 0.320. The maximum absolute atomic E-state index is 12.7. The van der Waals surface area contributed by atoms with Gasteiger partial charge >= 0.3 is 5.63 Å². The van der Waals surface area contributed by atoms with Crippen LogP contribution >= 0.6 is 0 Å². The topological polar surface area (TPSA) is 85.3 Å². The van der Waals surface area contributed by atoms with Crippen LogP contribution in [0.3, 0.4) is 0 Å². The Morgan fingerprint density at radius 1 is 1.19 bits per heavy atom. The van der Waals surface area contributed by atoms with E-state index in [4.69, 9.17) is 8.83 Å². The van der Waals surface area contributed by atoms with Crippen LogP contribution < -0.4 is 10.9 Å². The van der Waals surface area contributed by atoms with Gasteiger partial charge in [0.1, 0.15) is 11.2 Å². The van der Waals surface area contributed by atoms with Gasteiger partial charge in [-0.15, -0.1) is 0 Å². The van der Waals surface area contributed by atoms with Crippen molar-refractivity contribution < 1.29 is 13.6 Å². The summed E-state index contributed by atoms with van der Waals surface area (Å²) in [5.74, 6) is -0.253. The average molecular weight is 418 g/mol. The zero-order chi connectivity index (χ0) is 22.3. The molecule has 6 heteroatoms. The fourth-order valence-electron chi connectivity index (χ4n) is 3.97. The highest BCUT2D eigenvalue weighted by molar-refractivity contribution is 6.07. The van der Waals surface area contributed by atoms with Crippen LogP contribution in [0.4, 0.5) is 0 Å². The van der Waals surface area contributed by atoms with Crippen LogP contribution in [0.2, 0.25) is 0 Å². The monoisotopic (exact) mass is 418 g/mol. The molecule has 1 amide bonds. The van der Waals surface area contributed by atoms with Gasteiger partial charge in [0.15, 0.2) is 0 Å². The molecule has 0 spiro atoms. The number of furan rings is 1. The van der Waals surface area contributed by atoms with E-state index in [0.29, 0.717) is 28.8 Å². The number of nitrogens with one attached hydrogen (secondary N) is 1. The van der Waals surface area contributed by atoms with Crippen molar-refractivity contribution in [3.8, 4) is 0 Å². The lowest BCUT2D eigenvalue weighted by molar-refractivity contribution is -0.120. The van der Waals surface area contributed by atoms with Crippen molar-refractivity contribution in [3.05, 3.63) is 75.1 Å². The van der Waals surface area contributed by atoms with Gasteiger partial charge in [0.25, 0.3) is 0 Å². The first kappa shape index (κ1) is 20.8. The molecule has 0 bridgehead atoms. The van der Waals surface area contributed by atoms with E-state index in [-0.39, 0.29) is 17.7 Å². The number of carbonyl (C=O) groups is 1. The minimum absolute atomic E-state index is 0.0629. The number of aromatic nitrogens is 1. The van der Waals surface area contributed by atoms with Gasteiger partial charge in [-0.3, -0.25) is 9.78 Å². The Bertz CT molecular complexity index is 1340. The molecule has 0 aliphatic carbocycles. The smallest absolute Gasteiger partial charge is 0.340 e. The number of aryl methyl sites for hydroxylation is 2. The van der Waals surface area contributed by atoms with Gasteiger partial charge in [0, 0.05) is 29.9 Å². The van der Waals surface area contributed by atoms with Gasteiger partial charge in [-0.05, 0) is 48.1 Å². The molecule has 0 unspecified atom stereocenters. The van der Waals surface area contributed by atoms with Gasteiger partial charge in [-0.2, -0.15) is 0 Å². The highest BCUT2D eigenvalue weighted by Crippen LogP contribution is 2.38.